The van der Waals surface area contributed by atoms with Crippen molar-refractivity contribution in [3.05, 3.63) is 23.2 Å². The fourth-order valence-electron chi connectivity index (χ4n) is 2.27. The second kappa shape index (κ2) is 4.29. The lowest BCUT2D eigenvalue weighted by atomic mass is 10.1. The van der Waals surface area contributed by atoms with Crippen molar-refractivity contribution in [2.24, 2.45) is 5.73 Å². The Balaban J connectivity index is 2.05. The smallest absolute Gasteiger partial charge is 0.255 e. The highest BCUT2D eigenvalue weighted by atomic mass is 16.3. The predicted molar refractivity (Wildman–Crippen MR) is 61.3 cm³/mol. The van der Waals surface area contributed by atoms with Crippen LogP contribution < -0.4 is 11.1 Å². The number of rotatable bonds is 2. The highest BCUT2D eigenvalue weighted by Crippen LogP contribution is 2.19. The van der Waals surface area contributed by atoms with Crippen LogP contribution in [0.4, 0.5) is 0 Å². The number of nitrogens with two attached hydrogens (primary N) is 1. The first-order valence-electron chi connectivity index (χ1n) is 5.71. The Kier molecular flexibility index (Phi) is 3.01. The summed E-state index contributed by atoms with van der Waals surface area (Å²) in [5, 5.41) is 2.98. The van der Waals surface area contributed by atoms with Crippen molar-refractivity contribution in [1.82, 2.24) is 5.32 Å². The van der Waals surface area contributed by atoms with Gasteiger partial charge in [0.2, 0.25) is 0 Å². The van der Waals surface area contributed by atoms with Gasteiger partial charge < -0.3 is 15.5 Å². The minimum absolute atomic E-state index is 0.0725. The van der Waals surface area contributed by atoms with Gasteiger partial charge in [0.15, 0.2) is 0 Å². The molecule has 2 rings (SSSR count). The molecule has 0 saturated heterocycles. The molecule has 16 heavy (non-hydrogen) atoms. The molecular weight excluding hydrogens is 204 g/mol. The second-order valence-electron chi connectivity index (χ2n) is 4.50. The Morgan fingerprint density at radius 3 is 2.75 bits per heavy atom. The molecule has 4 heteroatoms. The van der Waals surface area contributed by atoms with Crippen molar-refractivity contribution in [2.75, 3.05) is 0 Å². The third kappa shape index (κ3) is 2.11. The lowest BCUT2D eigenvalue weighted by Crippen LogP contribution is -2.44. The third-order valence-corrected chi connectivity index (χ3v) is 3.17. The van der Waals surface area contributed by atoms with E-state index in [1.54, 1.807) is 13.0 Å². The molecule has 0 radical (unpaired) electrons. The number of carbonyl (C=O) groups excluding carboxylic acids is 1. The molecule has 2 atom stereocenters. The van der Waals surface area contributed by atoms with Crippen molar-refractivity contribution in [1.29, 1.82) is 0 Å². The summed E-state index contributed by atoms with van der Waals surface area (Å²) in [6.07, 6.45) is 3.06. The normalized spacial score (nSPS) is 24.7. The standard InChI is InChI=1S/C12H18N2O2/c1-7-6-9(8(2)16-7)12(15)14-11-5-3-4-10(11)13/h6,10-11H,3-5,13H2,1-2H3,(H,14,15). The average molecular weight is 222 g/mol. The topological polar surface area (TPSA) is 68.3 Å². The molecule has 4 nitrogen and oxygen atoms in total. The molecule has 1 heterocycles. The molecule has 1 aliphatic carbocycles. The lowest BCUT2D eigenvalue weighted by molar-refractivity contribution is 0.0933. The van der Waals surface area contributed by atoms with Crippen LogP contribution in [-0.4, -0.2) is 18.0 Å². The highest BCUT2D eigenvalue weighted by molar-refractivity contribution is 5.95. The summed E-state index contributed by atoms with van der Waals surface area (Å²) in [6, 6.07) is 1.98. The van der Waals surface area contributed by atoms with E-state index >= 15 is 0 Å². The minimum Gasteiger partial charge on any atom is -0.466 e. The van der Waals surface area contributed by atoms with Crippen LogP contribution in [0.3, 0.4) is 0 Å². The molecule has 0 bridgehead atoms. The van der Waals surface area contributed by atoms with Crippen molar-refractivity contribution < 1.29 is 9.21 Å². The zero-order valence-electron chi connectivity index (χ0n) is 9.75. The third-order valence-electron chi connectivity index (χ3n) is 3.17. The molecule has 1 aliphatic rings. The van der Waals surface area contributed by atoms with Gasteiger partial charge in [-0.3, -0.25) is 4.79 Å². The summed E-state index contributed by atoms with van der Waals surface area (Å²) >= 11 is 0. The van der Waals surface area contributed by atoms with Crippen molar-refractivity contribution in [2.45, 2.75) is 45.2 Å². The molecule has 1 fully saturated rings. The molecule has 1 aromatic heterocycles. The average Bonchev–Trinajstić information content (AvgIpc) is 2.74. The van der Waals surface area contributed by atoms with E-state index in [9.17, 15) is 4.79 Å². The largest absolute Gasteiger partial charge is 0.466 e. The summed E-state index contributed by atoms with van der Waals surface area (Å²) in [4.78, 5) is 12.0. The van der Waals surface area contributed by atoms with Gasteiger partial charge in [-0.05, 0) is 39.2 Å². The van der Waals surface area contributed by atoms with E-state index in [0.29, 0.717) is 11.3 Å². The zero-order chi connectivity index (χ0) is 11.7. The van der Waals surface area contributed by atoms with Crippen LogP contribution in [0, 0.1) is 13.8 Å². The van der Waals surface area contributed by atoms with Crippen LogP contribution in [0.25, 0.3) is 0 Å². The first-order valence-corrected chi connectivity index (χ1v) is 5.71. The van der Waals surface area contributed by atoms with Crippen LogP contribution in [0.1, 0.15) is 41.1 Å². The molecule has 1 saturated carbocycles. The Bertz CT molecular complexity index is 398. The highest BCUT2D eigenvalue weighted by Gasteiger charge is 2.26. The van der Waals surface area contributed by atoms with E-state index in [4.69, 9.17) is 10.2 Å². The van der Waals surface area contributed by atoms with Gasteiger partial charge in [0.05, 0.1) is 5.56 Å². The first kappa shape index (κ1) is 11.2. The van der Waals surface area contributed by atoms with Gasteiger partial charge >= 0.3 is 0 Å². The van der Waals surface area contributed by atoms with E-state index in [0.717, 1.165) is 25.0 Å². The molecule has 0 spiro atoms. The fourth-order valence-corrected chi connectivity index (χ4v) is 2.27. The fraction of sp³-hybridized carbons (Fsp3) is 0.583. The number of carbonyl (C=O) groups is 1. The summed E-state index contributed by atoms with van der Waals surface area (Å²) < 4.78 is 5.33. The van der Waals surface area contributed by atoms with Gasteiger partial charge in [-0.1, -0.05) is 0 Å². The van der Waals surface area contributed by atoms with E-state index < -0.39 is 0 Å². The molecule has 0 aliphatic heterocycles. The van der Waals surface area contributed by atoms with Gasteiger partial charge in [-0.2, -0.15) is 0 Å². The molecular formula is C12H18N2O2. The summed E-state index contributed by atoms with van der Waals surface area (Å²) in [5.41, 5.74) is 6.53. The number of nitrogens with one attached hydrogen (secondary N) is 1. The van der Waals surface area contributed by atoms with Gasteiger partial charge in [0.1, 0.15) is 11.5 Å². The number of hydrogen-bond donors (Lipinski definition) is 2. The summed E-state index contributed by atoms with van der Waals surface area (Å²) in [6.45, 7) is 3.64. The SMILES string of the molecule is Cc1cc(C(=O)NC2CCCC2N)c(C)o1. The number of amides is 1. The second-order valence-corrected chi connectivity index (χ2v) is 4.50. The Morgan fingerprint density at radius 2 is 2.25 bits per heavy atom. The molecule has 1 aromatic rings. The summed E-state index contributed by atoms with van der Waals surface area (Å²) in [7, 11) is 0. The monoisotopic (exact) mass is 222 g/mol. The lowest BCUT2D eigenvalue weighted by Gasteiger charge is -2.16. The Hall–Kier alpha value is -1.29. The van der Waals surface area contributed by atoms with E-state index in [-0.39, 0.29) is 18.0 Å². The zero-order valence-corrected chi connectivity index (χ0v) is 9.75. The minimum atomic E-state index is -0.0725. The molecule has 3 N–H and O–H groups in total. The molecule has 1 amide bonds. The van der Waals surface area contributed by atoms with Gasteiger partial charge in [0, 0.05) is 12.1 Å². The van der Waals surface area contributed by atoms with Crippen LogP contribution in [0.2, 0.25) is 0 Å². The number of furan rings is 1. The molecule has 0 aromatic carbocycles. The van der Waals surface area contributed by atoms with E-state index in [2.05, 4.69) is 5.32 Å². The van der Waals surface area contributed by atoms with Gasteiger partial charge in [0.25, 0.3) is 5.91 Å². The Morgan fingerprint density at radius 1 is 1.50 bits per heavy atom. The predicted octanol–water partition coefficient (Wildman–Crippen LogP) is 1.51. The maximum absolute atomic E-state index is 12.0. The van der Waals surface area contributed by atoms with Crippen LogP contribution in [0.15, 0.2) is 10.5 Å². The van der Waals surface area contributed by atoms with Crippen LogP contribution in [-0.2, 0) is 0 Å². The maximum Gasteiger partial charge on any atom is 0.255 e. The van der Waals surface area contributed by atoms with Crippen LogP contribution >= 0.6 is 0 Å². The van der Waals surface area contributed by atoms with Gasteiger partial charge in [-0.15, -0.1) is 0 Å². The van der Waals surface area contributed by atoms with E-state index in [1.807, 2.05) is 6.92 Å². The molecule has 88 valence electrons. The summed E-state index contributed by atoms with van der Waals surface area (Å²) in [5.74, 6) is 1.36. The maximum atomic E-state index is 12.0. The van der Waals surface area contributed by atoms with Crippen molar-refractivity contribution in [3.8, 4) is 0 Å². The van der Waals surface area contributed by atoms with Crippen molar-refractivity contribution in [3.63, 3.8) is 0 Å². The Labute approximate surface area is 95.2 Å². The van der Waals surface area contributed by atoms with Crippen LogP contribution in [0.5, 0.6) is 0 Å². The quantitative estimate of drug-likeness (QED) is 0.797. The van der Waals surface area contributed by atoms with Gasteiger partial charge in [-0.25, -0.2) is 0 Å². The number of aryl methyl sites for hydroxylation is 2. The first-order chi connectivity index (χ1) is 7.58. The van der Waals surface area contributed by atoms with E-state index in [1.165, 1.54) is 0 Å². The number of hydrogen-bond acceptors (Lipinski definition) is 3. The molecule has 2 unspecified atom stereocenters. The van der Waals surface area contributed by atoms with Crippen molar-refractivity contribution >= 4 is 5.91 Å².